The fourth-order valence-electron chi connectivity index (χ4n) is 4.49. The van der Waals surface area contributed by atoms with Gasteiger partial charge in [0.1, 0.15) is 32.7 Å². The normalized spacial score (nSPS) is 20.5. The van der Waals surface area contributed by atoms with Crippen molar-refractivity contribution in [3.8, 4) is 17.2 Å². The predicted molar refractivity (Wildman–Crippen MR) is 114 cm³/mol. The highest BCUT2D eigenvalue weighted by Gasteiger charge is 2.38. The highest BCUT2D eigenvalue weighted by atomic mass is 16.5. The second-order valence-electron chi connectivity index (χ2n) is 7.91. The van der Waals surface area contributed by atoms with Crippen molar-refractivity contribution in [3.63, 3.8) is 0 Å². The molecule has 2 aromatic carbocycles. The van der Waals surface area contributed by atoms with Crippen LogP contribution in [0, 0.1) is 0 Å². The predicted octanol–water partition coefficient (Wildman–Crippen LogP) is -0.817. The molecule has 2 heterocycles. The van der Waals surface area contributed by atoms with E-state index >= 15 is 0 Å². The lowest BCUT2D eigenvalue weighted by Gasteiger charge is -2.32. The number of hydrogen-bond acceptors (Lipinski definition) is 5. The number of nitrogens with one attached hydrogen (secondary N) is 2. The second kappa shape index (κ2) is 8.95. The minimum Gasteiger partial charge on any atom is -0.493 e. The number of rotatable bonds is 7. The summed E-state index contributed by atoms with van der Waals surface area (Å²) in [5, 5.41) is 0. The zero-order chi connectivity index (χ0) is 22.0. The lowest BCUT2D eigenvalue weighted by molar-refractivity contribution is -1.02. The smallest absolute Gasteiger partial charge is 0.303 e. The van der Waals surface area contributed by atoms with Gasteiger partial charge in [-0.05, 0) is 24.3 Å². The Hall–Kier alpha value is -3.10. The molecule has 8 heteroatoms. The molecule has 1 saturated heterocycles. The lowest BCUT2D eigenvalue weighted by atomic mass is 10.1. The molecule has 0 aliphatic carbocycles. The van der Waals surface area contributed by atoms with Crippen LogP contribution >= 0.6 is 0 Å². The van der Waals surface area contributed by atoms with E-state index in [0.717, 1.165) is 44.0 Å². The molecule has 1 fully saturated rings. The third-order valence-corrected chi connectivity index (χ3v) is 6.15. The first-order valence-electron chi connectivity index (χ1n) is 10.5. The van der Waals surface area contributed by atoms with Crippen LogP contribution in [0.25, 0.3) is 0 Å². The molecule has 0 bridgehead atoms. The van der Waals surface area contributed by atoms with Gasteiger partial charge in [-0.25, -0.2) is 0 Å². The maximum absolute atomic E-state index is 12.4. The molecule has 4 rings (SSSR count). The van der Waals surface area contributed by atoms with Crippen LogP contribution in [0.2, 0.25) is 0 Å². The Balaban J connectivity index is 1.39. The SMILES string of the molecule is COc1ccc(C[NH+]2CC[NH+](CN3C(=O)C(=O)c4ccccc43)CC2)c(OC)c1OC. The summed E-state index contributed by atoms with van der Waals surface area (Å²) in [6, 6.07) is 11.2. The number of Topliss-reactive ketones (excluding diaryl/α,β-unsaturated/α-hetero) is 1. The number of ketones is 1. The number of nitrogens with zero attached hydrogens (tertiary/aromatic N) is 1. The fraction of sp³-hybridized carbons (Fsp3) is 0.391. The van der Waals surface area contributed by atoms with Crippen LogP contribution in [0.4, 0.5) is 5.69 Å². The first-order chi connectivity index (χ1) is 15.1. The molecular weight excluding hydrogens is 398 g/mol. The minimum absolute atomic E-state index is 0.403. The van der Waals surface area contributed by atoms with Gasteiger partial charge in [-0.15, -0.1) is 0 Å². The van der Waals surface area contributed by atoms with Crippen LogP contribution in [0.15, 0.2) is 36.4 Å². The Bertz CT molecular complexity index is 985. The van der Waals surface area contributed by atoms with Crippen molar-refractivity contribution in [2.45, 2.75) is 6.54 Å². The monoisotopic (exact) mass is 427 g/mol. The van der Waals surface area contributed by atoms with E-state index in [0.29, 0.717) is 29.5 Å². The van der Waals surface area contributed by atoms with Gasteiger partial charge < -0.3 is 24.0 Å². The zero-order valence-electron chi connectivity index (χ0n) is 18.2. The zero-order valence-corrected chi connectivity index (χ0v) is 18.2. The van der Waals surface area contributed by atoms with Crippen molar-refractivity contribution in [1.29, 1.82) is 0 Å². The summed E-state index contributed by atoms with van der Waals surface area (Å²) in [6.45, 7) is 5.11. The molecule has 0 unspecified atom stereocenters. The van der Waals surface area contributed by atoms with E-state index < -0.39 is 11.7 Å². The molecule has 31 heavy (non-hydrogen) atoms. The molecular formula is C23H29N3O5+2. The van der Waals surface area contributed by atoms with E-state index in [1.165, 1.54) is 9.80 Å². The molecule has 0 radical (unpaired) electrons. The Morgan fingerprint density at radius 1 is 0.839 bits per heavy atom. The fourth-order valence-corrected chi connectivity index (χ4v) is 4.49. The van der Waals surface area contributed by atoms with E-state index in [2.05, 4.69) is 0 Å². The van der Waals surface area contributed by atoms with Crippen molar-refractivity contribution in [2.24, 2.45) is 0 Å². The van der Waals surface area contributed by atoms with E-state index in [1.54, 1.807) is 38.4 Å². The van der Waals surface area contributed by atoms with Crippen LogP contribution in [0.5, 0.6) is 17.2 Å². The number of amides is 1. The van der Waals surface area contributed by atoms with Gasteiger partial charge in [-0.1, -0.05) is 12.1 Å². The average Bonchev–Trinajstić information content (AvgIpc) is 3.04. The molecule has 164 valence electrons. The standard InChI is InChI=1S/C23H27N3O5/c1-29-19-9-8-16(21(30-2)22(19)31-3)14-24-10-12-25(13-11-24)15-26-18-7-5-4-6-17(18)20(27)23(26)28/h4-9H,10-15H2,1-3H3/p+2. The first-order valence-corrected chi connectivity index (χ1v) is 10.5. The Morgan fingerprint density at radius 3 is 2.19 bits per heavy atom. The van der Waals surface area contributed by atoms with E-state index in [4.69, 9.17) is 14.2 Å². The molecule has 2 N–H and O–H groups in total. The highest BCUT2D eigenvalue weighted by molar-refractivity contribution is 6.52. The topological polar surface area (TPSA) is 74.0 Å². The summed E-state index contributed by atoms with van der Waals surface area (Å²) in [5.74, 6) is 1.15. The molecule has 0 spiro atoms. The Morgan fingerprint density at radius 2 is 1.52 bits per heavy atom. The number of para-hydroxylation sites is 1. The highest BCUT2D eigenvalue weighted by Crippen LogP contribution is 2.39. The quantitative estimate of drug-likeness (QED) is 0.565. The van der Waals surface area contributed by atoms with Crippen LogP contribution < -0.4 is 28.9 Å². The number of methoxy groups -OCH3 is 3. The number of anilines is 1. The van der Waals surface area contributed by atoms with Crippen LogP contribution in [0.3, 0.4) is 0 Å². The van der Waals surface area contributed by atoms with Crippen LogP contribution in [-0.4, -0.2) is 65.9 Å². The van der Waals surface area contributed by atoms with E-state index in [9.17, 15) is 9.59 Å². The van der Waals surface area contributed by atoms with Crippen molar-refractivity contribution in [3.05, 3.63) is 47.5 Å². The number of hydrogen-bond donors (Lipinski definition) is 2. The van der Waals surface area contributed by atoms with Crippen LogP contribution in [-0.2, 0) is 11.3 Å². The van der Waals surface area contributed by atoms with Gasteiger partial charge in [-0.2, -0.15) is 0 Å². The summed E-state index contributed by atoms with van der Waals surface area (Å²) >= 11 is 0. The van der Waals surface area contributed by atoms with Gasteiger partial charge in [0, 0.05) is 0 Å². The van der Waals surface area contributed by atoms with Gasteiger partial charge >= 0.3 is 5.91 Å². The number of benzene rings is 2. The molecule has 0 atom stereocenters. The number of quaternary nitrogens is 2. The van der Waals surface area contributed by atoms with Gasteiger partial charge in [0.15, 0.2) is 18.2 Å². The summed E-state index contributed by atoms with van der Waals surface area (Å²) in [7, 11) is 4.87. The molecule has 1 amide bonds. The third-order valence-electron chi connectivity index (χ3n) is 6.15. The number of ether oxygens (including phenoxy) is 3. The summed E-state index contributed by atoms with van der Waals surface area (Å²) in [4.78, 5) is 29.1. The first kappa shape index (κ1) is 21.1. The Kier molecular flexibility index (Phi) is 6.11. The second-order valence-corrected chi connectivity index (χ2v) is 7.91. The van der Waals surface area contributed by atoms with Crippen molar-refractivity contribution < 1.29 is 33.6 Å². The van der Waals surface area contributed by atoms with E-state index in [-0.39, 0.29) is 0 Å². The number of carbonyl (C=O) groups excluding carboxylic acids is 2. The van der Waals surface area contributed by atoms with Crippen molar-refractivity contribution >= 4 is 17.4 Å². The molecule has 0 saturated carbocycles. The van der Waals surface area contributed by atoms with Crippen molar-refractivity contribution in [1.82, 2.24) is 0 Å². The molecule has 2 aliphatic heterocycles. The van der Waals surface area contributed by atoms with Gasteiger partial charge in [0.25, 0.3) is 5.78 Å². The molecule has 2 aromatic rings. The maximum atomic E-state index is 12.4. The van der Waals surface area contributed by atoms with Crippen molar-refractivity contribution in [2.75, 3.05) is 59.1 Å². The maximum Gasteiger partial charge on any atom is 0.303 e. The number of piperazine rings is 1. The largest absolute Gasteiger partial charge is 0.493 e. The minimum atomic E-state index is -0.418. The van der Waals surface area contributed by atoms with Gasteiger partial charge in [-0.3, -0.25) is 14.5 Å². The van der Waals surface area contributed by atoms with E-state index in [1.807, 2.05) is 24.3 Å². The number of carbonyl (C=O) groups is 2. The third kappa shape index (κ3) is 3.96. The molecule has 8 nitrogen and oxygen atoms in total. The van der Waals surface area contributed by atoms with Gasteiger partial charge in [0.2, 0.25) is 5.75 Å². The summed E-state index contributed by atoms with van der Waals surface area (Å²) < 4.78 is 16.5. The molecule has 2 aliphatic rings. The average molecular weight is 428 g/mol. The van der Waals surface area contributed by atoms with Crippen LogP contribution in [0.1, 0.15) is 15.9 Å². The molecule has 0 aromatic heterocycles. The summed E-state index contributed by atoms with van der Waals surface area (Å²) in [6.07, 6.45) is 0. The Labute approximate surface area is 181 Å². The lowest BCUT2D eigenvalue weighted by Crippen LogP contribution is -3.28. The number of fused-ring (bicyclic) bond motifs is 1. The van der Waals surface area contributed by atoms with Gasteiger partial charge in [0.05, 0.1) is 38.1 Å². The summed E-state index contributed by atoms with van der Waals surface area (Å²) in [5.41, 5.74) is 2.32.